The van der Waals surface area contributed by atoms with Crippen molar-refractivity contribution in [3.8, 4) is 0 Å². The zero-order valence-corrected chi connectivity index (χ0v) is 39.5. The molecule has 4 rings (SSSR count). The molecule has 0 atom stereocenters. The summed E-state index contributed by atoms with van der Waals surface area (Å²) >= 11 is 0. The van der Waals surface area contributed by atoms with E-state index < -0.39 is 0 Å². The summed E-state index contributed by atoms with van der Waals surface area (Å²) in [6.07, 6.45) is 10.9. The molecule has 2 fully saturated rings. The second kappa shape index (κ2) is 41.4. The number of hydrogen-bond donors (Lipinski definition) is 4. The van der Waals surface area contributed by atoms with Gasteiger partial charge in [-0.25, -0.2) is 4.98 Å². The zero-order valence-electron chi connectivity index (χ0n) is 39.5. The minimum absolute atomic E-state index is 0. The van der Waals surface area contributed by atoms with E-state index in [0.29, 0.717) is 24.2 Å². The molecule has 0 radical (unpaired) electrons. The lowest BCUT2D eigenvalue weighted by molar-refractivity contribution is 0.138. The number of nitrogens with zero attached hydrogens (tertiary/aromatic N) is 7. The van der Waals surface area contributed by atoms with Crippen molar-refractivity contribution in [3.63, 3.8) is 0 Å². The van der Waals surface area contributed by atoms with Crippen molar-refractivity contribution in [2.24, 2.45) is 12.0 Å². The maximum absolute atomic E-state index is 4.17. The number of aromatic nitrogens is 2. The molecule has 0 saturated carbocycles. The monoisotopic (exact) mass is 758 g/mol. The van der Waals surface area contributed by atoms with E-state index in [2.05, 4.69) is 170 Å². The Bertz CT molecular complexity index is 812. The van der Waals surface area contributed by atoms with Crippen LogP contribution in [0.15, 0.2) is 23.7 Å². The van der Waals surface area contributed by atoms with Gasteiger partial charge in [0, 0.05) is 62.2 Å². The van der Waals surface area contributed by atoms with E-state index in [-0.39, 0.29) is 6.15 Å². The highest BCUT2D eigenvalue weighted by Gasteiger charge is 2.15. The van der Waals surface area contributed by atoms with Crippen molar-refractivity contribution >= 4 is 5.96 Å². The molecule has 1 aromatic heterocycles. The molecule has 11 heteroatoms. The number of aliphatic imine (C=N–C) groups is 1. The fraction of sp³-hybridized carbons (Fsp3) is 0.905. The van der Waals surface area contributed by atoms with Gasteiger partial charge in [0.2, 0.25) is 0 Å². The van der Waals surface area contributed by atoms with Crippen LogP contribution in [0.3, 0.4) is 0 Å². The second-order valence-corrected chi connectivity index (χ2v) is 15.5. The van der Waals surface area contributed by atoms with Crippen LogP contribution in [-0.2, 0) is 7.05 Å². The van der Waals surface area contributed by atoms with E-state index in [4.69, 9.17) is 0 Å². The molecule has 53 heavy (non-hydrogen) atoms. The molecule has 4 heterocycles. The van der Waals surface area contributed by atoms with E-state index >= 15 is 0 Å². The van der Waals surface area contributed by atoms with Gasteiger partial charge in [0.25, 0.3) is 0 Å². The summed E-state index contributed by atoms with van der Waals surface area (Å²) in [5.41, 5.74) is 0. The highest BCUT2D eigenvalue weighted by Crippen LogP contribution is 2.10. The number of aryl methyl sites for hydroxylation is 1. The number of nitrogens with one attached hydrogen (secondary N) is 3. The van der Waals surface area contributed by atoms with Gasteiger partial charge in [-0.05, 0) is 149 Å². The quantitative estimate of drug-likeness (QED) is 0.211. The van der Waals surface area contributed by atoms with Gasteiger partial charge < -0.3 is 46.3 Å². The predicted octanol–water partition coefficient (Wildman–Crippen LogP) is 7.84. The molecular weight excluding hydrogens is 659 g/mol. The topological polar surface area (TPSA) is 114 Å². The largest absolute Gasteiger partial charge is 0.355 e. The second-order valence-electron chi connectivity index (χ2n) is 15.5. The molecule has 0 bridgehead atoms. The molecule has 3 aliphatic rings. The Morgan fingerprint density at radius 1 is 0.736 bits per heavy atom. The molecule has 0 spiro atoms. The molecule has 0 aliphatic carbocycles. The molecule has 11 nitrogen and oxygen atoms in total. The molecule has 0 aromatic carbocycles. The highest BCUT2D eigenvalue weighted by atomic mass is 15.2. The van der Waals surface area contributed by atoms with Gasteiger partial charge in [-0.3, -0.25) is 4.99 Å². The minimum atomic E-state index is 0. The van der Waals surface area contributed by atoms with Crippen LogP contribution in [0.25, 0.3) is 0 Å². The molecule has 0 amide bonds. The van der Waals surface area contributed by atoms with E-state index in [9.17, 15) is 0 Å². The molecule has 6 N–H and O–H groups in total. The first-order chi connectivity index (χ1) is 24.3. The Balaban J connectivity index is -0.000000168. The van der Waals surface area contributed by atoms with Crippen LogP contribution in [-0.4, -0.2) is 145 Å². The third-order valence-electron chi connectivity index (χ3n) is 8.38. The maximum Gasteiger partial charge on any atom is 0.191 e. The van der Waals surface area contributed by atoms with Gasteiger partial charge in [0.1, 0.15) is 0 Å². The highest BCUT2D eigenvalue weighted by molar-refractivity contribution is 5.81. The van der Waals surface area contributed by atoms with Crippen LogP contribution in [0.2, 0.25) is 0 Å². The van der Waals surface area contributed by atoms with E-state index in [1.54, 1.807) is 12.5 Å². The molecule has 3 aliphatic heterocycles. The third kappa shape index (κ3) is 44.5. The first kappa shape index (κ1) is 60.5. The summed E-state index contributed by atoms with van der Waals surface area (Å²) in [5.74, 6) is 0.949. The number of guanidine groups is 1. The minimum Gasteiger partial charge on any atom is -0.355 e. The fourth-order valence-corrected chi connectivity index (χ4v) is 4.16. The van der Waals surface area contributed by atoms with Crippen LogP contribution >= 0.6 is 0 Å². The summed E-state index contributed by atoms with van der Waals surface area (Å²) in [6.45, 7) is 44.5. The van der Waals surface area contributed by atoms with Gasteiger partial charge in [-0.1, -0.05) is 48.0 Å². The summed E-state index contributed by atoms with van der Waals surface area (Å²) < 4.78 is 1.89. The fourth-order valence-electron chi connectivity index (χ4n) is 4.16. The molecule has 1 aromatic rings. The average molecular weight is 758 g/mol. The van der Waals surface area contributed by atoms with Crippen LogP contribution < -0.4 is 22.1 Å². The molecule has 0 unspecified atom stereocenters. The van der Waals surface area contributed by atoms with Gasteiger partial charge in [0.15, 0.2) is 5.96 Å². The average Bonchev–Trinajstić information content (AvgIpc) is 3.84. The first-order valence-corrected chi connectivity index (χ1v) is 20.9. The Kier molecular flexibility index (Phi) is 47.3. The summed E-state index contributed by atoms with van der Waals surface area (Å²) in [6, 6.07) is 4.07. The molecular formula is C42H99N11. The van der Waals surface area contributed by atoms with Crippen LogP contribution in [0.4, 0.5) is 0 Å². The normalized spacial score (nSPS) is 14.6. The number of imidazole rings is 1. The third-order valence-corrected chi connectivity index (χ3v) is 8.38. The zero-order chi connectivity index (χ0) is 41.1. The predicted molar refractivity (Wildman–Crippen MR) is 241 cm³/mol. The SMILES string of the molecule is CC(C)N(C)C.CC(C)N1CCC1.CC(C)N1CCCC1.CC(C)NC1=NCCN1.CCC.CCN(CC)C(C)C.CNC(C)C.Cn1ccnc1.N. The number of likely N-dealkylation sites (tertiary alicyclic amines) is 2. The van der Waals surface area contributed by atoms with Crippen LogP contribution in [0.1, 0.15) is 136 Å². The lowest BCUT2D eigenvalue weighted by Crippen LogP contribution is -2.41. The first-order valence-electron chi connectivity index (χ1n) is 20.9. The maximum atomic E-state index is 4.17. The Labute approximate surface area is 333 Å². The van der Waals surface area contributed by atoms with Gasteiger partial charge in [-0.15, -0.1) is 0 Å². The Morgan fingerprint density at radius 2 is 1.15 bits per heavy atom. The Morgan fingerprint density at radius 3 is 1.28 bits per heavy atom. The molecule has 322 valence electrons. The van der Waals surface area contributed by atoms with E-state index in [1.165, 1.54) is 65.0 Å². The lowest BCUT2D eigenvalue weighted by Gasteiger charge is -2.34. The number of rotatable bonds is 8. The van der Waals surface area contributed by atoms with Crippen molar-refractivity contribution in [1.82, 2.24) is 51.3 Å². The van der Waals surface area contributed by atoms with Crippen molar-refractivity contribution in [1.29, 1.82) is 0 Å². The summed E-state index contributed by atoms with van der Waals surface area (Å²) in [7, 11) is 8.03. The number of hydrogen-bond acceptors (Lipinski definition) is 10. The van der Waals surface area contributed by atoms with Crippen molar-refractivity contribution in [2.45, 2.75) is 173 Å². The van der Waals surface area contributed by atoms with Crippen LogP contribution in [0.5, 0.6) is 0 Å². The van der Waals surface area contributed by atoms with Gasteiger partial charge >= 0.3 is 0 Å². The van der Waals surface area contributed by atoms with Crippen LogP contribution in [0, 0.1) is 0 Å². The van der Waals surface area contributed by atoms with Gasteiger partial charge in [-0.2, -0.15) is 0 Å². The van der Waals surface area contributed by atoms with E-state index in [1.807, 2.05) is 24.9 Å². The smallest absolute Gasteiger partial charge is 0.191 e. The van der Waals surface area contributed by atoms with Crippen molar-refractivity contribution in [2.75, 3.05) is 73.5 Å². The Hall–Kier alpha value is -1.76. The van der Waals surface area contributed by atoms with Crippen molar-refractivity contribution < 1.29 is 0 Å². The lowest BCUT2D eigenvalue weighted by atomic mass is 10.2. The van der Waals surface area contributed by atoms with Gasteiger partial charge in [0.05, 0.1) is 12.9 Å². The summed E-state index contributed by atoms with van der Waals surface area (Å²) in [4.78, 5) is 17.5. The van der Waals surface area contributed by atoms with E-state index in [0.717, 1.165) is 31.1 Å². The standard InChI is InChI=1S/C7H15N.C7H17N.C6H13N3.C6H13N.C5H13N.C4H6N2.C4H11N.C3H8.H3N/c1-7(2)8-5-3-4-6-8;1-5-8(6-2)7(3)4;1-5(2)9-6-7-3-4-8-6;1-6(2)7-4-3-5-7;1-5(2)6(3)4;1-6-3-2-5-4-6;1-4(2)5-3;1-3-2;/h7H,3-6H2,1-2H3;7H,5-6H2,1-4H3;5H,3-4H2,1-2H3,(H2,7,8,9);6H,3-5H2,1-2H3;5H,1-4H3;2-4H,1H3;4-5H,1-3H3;3H2,1-2H3;1H3. The summed E-state index contributed by atoms with van der Waals surface area (Å²) in [5, 5.41) is 9.34. The molecule has 2 saturated heterocycles. The van der Waals surface area contributed by atoms with Crippen molar-refractivity contribution in [3.05, 3.63) is 18.7 Å².